The van der Waals surface area contributed by atoms with Crippen molar-refractivity contribution < 1.29 is 19.5 Å². The summed E-state index contributed by atoms with van der Waals surface area (Å²) in [6.45, 7) is 3.97. The second-order valence-electron chi connectivity index (χ2n) is 12.1. The van der Waals surface area contributed by atoms with E-state index in [1.165, 1.54) is 24.2 Å². The maximum absolute atomic E-state index is 13.4. The van der Waals surface area contributed by atoms with Gasteiger partial charge in [-0.25, -0.2) is 4.79 Å². The first-order chi connectivity index (χ1) is 17.2. The molecule has 2 aromatic carbocycles. The minimum Gasteiger partial charge on any atom is -0.480 e. The van der Waals surface area contributed by atoms with E-state index < -0.39 is 12.0 Å². The lowest BCUT2D eigenvalue weighted by molar-refractivity contribution is -0.144. The predicted octanol–water partition coefficient (Wildman–Crippen LogP) is 5.57. The largest absolute Gasteiger partial charge is 0.480 e. The number of amides is 2. The van der Waals surface area contributed by atoms with Crippen molar-refractivity contribution in [2.24, 2.45) is 29.1 Å². The van der Waals surface area contributed by atoms with Gasteiger partial charge in [-0.15, -0.1) is 0 Å². The summed E-state index contributed by atoms with van der Waals surface area (Å²) in [6, 6.07) is 12.7. The van der Waals surface area contributed by atoms with E-state index in [1.807, 2.05) is 56.3 Å². The number of nitrogens with zero attached hydrogens (tertiary/aromatic N) is 1. The van der Waals surface area contributed by atoms with Crippen LogP contribution >= 0.6 is 0 Å². The molecular weight excluding hydrogens is 452 g/mol. The third-order valence-electron chi connectivity index (χ3n) is 9.16. The summed E-state index contributed by atoms with van der Waals surface area (Å²) >= 11 is 0. The molecule has 4 bridgehead atoms. The number of benzene rings is 2. The number of rotatable bonds is 6. The van der Waals surface area contributed by atoms with Gasteiger partial charge in [0.05, 0.1) is 5.41 Å². The van der Waals surface area contributed by atoms with Crippen LogP contribution in [0.15, 0.2) is 42.5 Å². The highest BCUT2D eigenvalue weighted by atomic mass is 16.4. The number of aliphatic carboxylic acids is 1. The fourth-order valence-corrected chi connectivity index (χ4v) is 7.90. The Kier molecular flexibility index (Phi) is 5.47. The second kappa shape index (κ2) is 8.46. The van der Waals surface area contributed by atoms with Crippen molar-refractivity contribution in [1.29, 1.82) is 0 Å². The normalized spacial score (nSPS) is 28.9. The van der Waals surface area contributed by atoms with Crippen LogP contribution in [0.4, 0.5) is 5.69 Å². The summed E-state index contributed by atoms with van der Waals surface area (Å²) in [4.78, 5) is 39.7. The van der Waals surface area contributed by atoms with E-state index in [0.717, 1.165) is 59.4 Å². The minimum absolute atomic E-state index is 0.177. The molecule has 7 rings (SSSR count). The number of carboxylic acid groups (broad SMARTS) is 1. The molecule has 6 nitrogen and oxygen atoms in total. The van der Waals surface area contributed by atoms with Crippen LogP contribution in [0, 0.1) is 29.1 Å². The molecule has 1 aliphatic heterocycles. The van der Waals surface area contributed by atoms with Gasteiger partial charge in [-0.1, -0.05) is 38.1 Å². The van der Waals surface area contributed by atoms with Crippen molar-refractivity contribution in [2.75, 3.05) is 5.32 Å². The van der Waals surface area contributed by atoms with Gasteiger partial charge < -0.3 is 15.3 Å². The number of nitrogens with one attached hydrogen (secondary N) is 1. The first-order valence-corrected chi connectivity index (χ1v) is 13.3. The van der Waals surface area contributed by atoms with Gasteiger partial charge in [-0.05, 0) is 97.1 Å². The fraction of sp³-hybridized carbons (Fsp3) is 0.500. The highest BCUT2D eigenvalue weighted by Crippen LogP contribution is 2.60. The van der Waals surface area contributed by atoms with Crippen molar-refractivity contribution >= 4 is 23.5 Å². The van der Waals surface area contributed by atoms with Crippen LogP contribution in [0.3, 0.4) is 0 Å². The lowest BCUT2D eigenvalue weighted by Gasteiger charge is -2.55. The first-order valence-electron chi connectivity index (χ1n) is 13.3. The summed E-state index contributed by atoms with van der Waals surface area (Å²) < 4.78 is 0. The predicted molar refractivity (Wildman–Crippen MR) is 137 cm³/mol. The van der Waals surface area contributed by atoms with E-state index >= 15 is 0 Å². The lowest BCUT2D eigenvalue weighted by Crippen LogP contribution is -2.51. The molecule has 0 radical (unpaired) electrons. The molecule has 6 heteroatoms. The summed E-state index contributed by atoms with van der Waals surface area (Å²) in [5, 5.41) is 12.9. The maximum atomic E-state index is 13.4. The maximum Gasteiger partial charge on any atom is 0.326 e. The molecule has 0 aromatic heterocycles. The molecule has 36 heavy (non-hydrogen) atoms. The molecular formula is C30H34N2O4. The molecule has 1 heterocycles. The van der Waals surface area contributed by atoms with Gasteiger partial charge in [0.1, 0.15) is 6.04 Å². The Morgan fingerprint density at radius 2 is 1.53 bits per heavy atom. The highest BCUT2D eigenvalue weighted by Gasteiger charge is 2.54. The third-order valence-corrected chi connectivity index (χ3v) is 9.16. The van der Waals surface area contributed by atoms with Crippen molar-refractivity contribution in [2.45, 2.75) is 65.0 Å². The molecule has 1 unspecified atom stereocenters. The van der Waals surface area contributed by atoms with Gasteiger partial charge in [0, 0.05) is 17.8 Å². The van der Waals surface area contributed by atoms with Crippen LogP contribution < -0.4 is 5.32 Å². The summed E-state index contributed by atoms with van der Waals surface area (Å²) in [5.74, 6) is 1.000. The quantitative estimate of drug-likeness (QED) is 0.559. The number of fused-ring (bicyclic) bond motifs is 1. The van der Waals surface area contributed by atoms with Gasteiger partial charge in [0.25, 0.3) is 5.91 Å². The number of carbonyl (C=O) groups excluding carboxylic acids is 2. The Morgan fingerprint density at radius 1 is 0.944 bits per heavy atom. The van der Waals surface area contributed by atoms with Crippen LogP contribution in [0.5, 0.6) is 0 Å². The van der Waals surface area contributed by atoms with E-state index in [2.05, 4.69) is 5.32 Å². The van der Waals surface area contributed by atoms with Gasteiger partial charge >= 0.3 is 5.97 Å². The van der Waals surface area contributed by atoms with E-state index in [4.69, 9.17) is 0 Å². The summed E-state index contributed by atoms with van der Waals surface area (Å²) in [6.07, 6.45) is 7.08. The minimum atomic E-state index is -0.974. The second-order valence-corrected chi connectivity index (χ2v) is 12.1. The molecule has 4 saturated carbocycles. The Morgan fingerprint density at radius 3 is 2.08 bits per heavy atom. The van der Waals surface area contributed by atoms with Crippen molar-refractivity contribution in [3.8, 4) is 11.1 Å². The van der Waals surface area contributed by atoms with E-state index in [9.17, 15) is 19.5 Å². The molecule has 188 valence electrons. The van der Waals surface area contributed by atoms with Crippen molar-refractivity contribution in [3.63, 3.8) is 0 Å². The van der Waals surface area contributed by atoms with Gasteiger partial charge in [0.15, 0.2) is 0 Å². The molecule has 2 N–H and O–H groups in total. The van der Waals surface area contributed by atoms with E-state index in [0.29, 0.717) is 12.1 Å². The van der Waals surface area contributed by atoms with E-state index in [1.54, 1.807) is 0 Å². The first kappa shape index (κ1) is 23.3. The summed E-state index contributed by atoms with van der Waals surface area (Å²) in [5.41, 5.74) is 3.91. The molecule has 2 amide bonds. The molecule has 1 atom stereocenters. The van der Waals surface area contributed by atoms with Gasteiger partial charge in [0.2, 0.25) is 5.91 Å². The zero-order valence-corrected chi connectivity index (χ0v) is 21.0. The lowest BCUT2D eigenvalue weighted by atomic mass is 9.49. The van der Waals surface area contributed by atoms with Crippen LogP contribution in [0.25, 0.3) is 11.1 Å². The zero-order chi connectivity index (χ0) is 25.2. The van der Waals surface area contributed by atoms with Gasteiger partial charge in [-0.3, -0.25) is 9.59 Å². The smallest absolute Gasteiger partial charge is 0.326 e. The number of anilines is 1. The molecule has 2 aromatic rings. The Bertz CT molecular complexity index is 1200. The number of hydrogen-bond donors (Lipinski definition) is 2. The summed E-state index contributed by atoms with van der Waals surface area (Å²) in [7, 11) is 0. The molecule has 0 spiro atoms. The molecule has 4 fully saturated rings. The average molecular weight is 487 g/mol. The van der Waals surface area contributed by atoms with Crippen LogP contribution in [0.1, 0.15) is 68.3 Å². The van der Waals surface area contributed by atoms with Crippen molar-refractivity contribution in [3.05, 3.63) is 53.6 Å². The highest BCUT2D eigenvalue weighted by molar-refractivity contribution is 6.01. The topological polar surface area (TPSA) is 86.7 Å². The zero-order valence-electron chi connectivity index (χ0n) is 21.0. The number of carbonyl (C=O) groups is 3. The van der Waals surface area contributed by atoms with Crippen LogP contribution in [0.2, 0.25) is 0 Å². The number of carboxylic acids is 1. The fourth-order valence-electron chi connectivity index (χ4n) is 7.90. The van der Waals surface area contributed by atoms with E-state index in [-0.39, 0.29) is 23.1 Å². The monoisotopic (exact) mass is 486 g/mol. The Hall–Kier alpha value is -3.15. The molecule has 5 aliphatic rings. The van der Waals surface area contributed by atoms with Gasteiger partial charge in [-0.2, -0.15) is 0 Å². The third kappa shape index (κ3) is 3.82. The standard InChI is InChI=1S/C30H34N2O4/c1-17(2)26(28(34)35)32-16-23-4-3-22(12-25(23)27(32)33)21-5-7-24(8-6-21)31-29(36)30-13-18-9-19(14-30)11-20(10-18)15-30/h3-8,12,17-20,26H,9-11,13-16H2,1-2H3,(H,31,36)(H,34,35). The number of hydrogen-bond acceptors (Lipinski definition) is 3. The Labute approximate surface area is 212 Å². The SMILES string of the molecule is CC(C)C(C(=O)O)N1Cc2ccc(-c3ccc(NC(=O)C45CC6CC(CC(C6)C4)C5)cc3)cc2C1=O. The Balaban J connectivity index is 1.17. The van der Waals surface area contributed by atoms with Crippen molar-refractivity contribution in [1.82, 2.24) is 4.90 Å². The molecule has 4 aliphatic carbocycles. The average Bonchev–Trinajstić information content (AvgIpc) is 3.13. The van der Waals surface area contributed by atoms with Crippen LogP contribution in [-0.2, 0) is 16.1 Å². The van der Waals surface area contributed by atoms with Crippen LogP contribution in [-0.4, -0.2) is 33.8 Å². The molecule has 0 saturated heterocycles.